The molecule has 7 heteroatoms. The Balaban J connectivity index is 1.45. The van der Waals surface area contributed by atoms with Crippen LogP contribution in [0.4, 0.5) is 0 Å². The molecular formula is C18H25N5OS. The summed E-state index contributed by atoms with van der Waals surface area (Å²) in [6.07, 6.45) is 2.51. The number of carbonyl (C=O) groups excluding carboxylic acids is 1. The lowest BCUT2D eigenvalue weighted by Gasteiger charge is -2.36. The van der Waals surface area contributed by atoms with E-state index in [4.69, 9.17) is 0 Å². The number of benzene rings is 1. The minimum Gasteiger partial charge on any atom is -0.348 e. The fourth-order valence-corrected chi connectivity index (χ4v) is 4.61. The topological polar surface area (TPSA) is 52.6 Å². The Kier molecular flexibility index (Phi) is 4.71. The highest BCUT2D eigenvalue weighted by Gasteiger charge is 2.35. The van der Waals surface area contributed by atoms with Crippen LogP contribution < -0.4 is 0 Å². The molecule has 2 aromatic rings. The summed E-state index contributed by atoms with van der Waals surface area (Å²) >= 11 is 1.28. The van der Waals surface area contributed by atoms with Crippen LogP contribution in [-0.2, 0) is 11.3 Å². The van der Waals surface area contributed by atoms with Gasteiger partial charge in [0, 0.05) is 46.3 Å². The van der Waals surface area contributed by atoms with Crippen LogP contribution in [0.3, 0.4) is 0 Å². The van der Waals surface area contributed by atoms with Crippen molar-refractivity contribution in [3.63, 3.8) is 0 Å². The van der Waals surface area contributed by atoms with E-state index >= 15 is 0 Å². The number of hydrogen-bond acceptors (Lipinski definition) is 6. The molecule has 1 aromatic heterocycles. The van der Waals surface area contributed by atoms with Crippen molar-refractivity contribution in [1.82, 2.24) is 23.4 Å². The van der Waals surface area contributed by atoms with Crippen molar-refractivity contribution >= 4 is 28.7 Å². The van der Waals surface area contributed by atoms with E-state index in [0.717, 1.165) is 37.2 Å². The highest BCUT2D eigenvalue weighted by atomic mass is 32.1. The Morgan fingerprint density at radius 1 is 1.20 bits per heavy atom. The molecule has 4 heterocycles. The molecule has 134 valence electrons. The summed E-state index contributed by atoms with van der Waals surface area (Å²) in [7, 11) is 3.68. The van der Waals surface area contributed by atoms with Crippen LogP contribution in [0.1, 0.15) is 18.4 Å². The van der Waals surface area contributed by atoms with Gasteiger partial charge < -0.3 is 4.90 Å². The van der Waals surface area contributed by atoms with E-state index in [-0.39, 0.29) is 5.91 Å². The summed E-state index contributed by atoms with van der Waals surface area (Å²) in [4.78, 5) is 18.7. The third-order valence-corrected chi connectivity index (χ3v) is 6.02. The normalized spacial score (nSPS) is 24.6. The number of aromatic nitrogens is 2. The van der Waals surface area contributed by atoms with E-state index in [2.05, 4.69) is 36.7 Å². The van der Waals surface area contributed by atoms with Gasteiger partial charge in [0.25, 0.3) is 0 Å². The molecule has 0 radical (unpaired) electrons. The molecule has 3 fully saturated rings. The second kappa shape index (κ2) is 6.97. The Labute approximate surface area is 152 Å². The smallest absolute Gasteiger partial charge is 0.236 e. The van der Waals surface area contributed by atoms with Crippen LogP contribution in [-0.4, -0.2) is 75.7 Å². The van der Waals surface area contributed by atoms with Crippen molar-refractivity contribution in [3.05, 3.63) is 23.8 Å². The first-order valence-electron chi connectivity index (χ1n) is 8.96. The molecule has 3 aliphatic rings. The Morgan fingerprint density at radius 2 is 2.04 bits per heavy atom. The van der Waals surface area contributed by atoms with Gasteiger partial charge in [0.05, 0.1) is 18.3 Å². The molecule has 5 rings (SSSR count). The van der Waals surface area contributed by atoms with Crippen LogP contribution in [0.2, 0.25) is 0 Å². The zero-order valence-corrected chi connectivity index (χ0v) is 15.7. The van der Waals surface area contributed by atoms with Gasteiger partial charge in [0.2, 0.25) is 5.91 Å². The number of piperidine rings is 1. The summed E-state index contributed by atoms with van der Waals surface area (Å²) in [6.45, 7) is 4.68. The molecular weight excluding hydrogens is 334 g/mol. The number of nitrogens with zero attached hydrogens (tertiary/aromatic N) is 5. The third kappa shape index (κ3) is 3.68. The first-order chi connectivity index (χ1) is 12.1. The van der Waals surface area contributed by atoms with E-state index in [9.17, 15) is 4.79 Å². The lowest BCUT2D eigenvalue weighted by atomic mass is 9.94. The largest absolute Gasteiger partial charge is 0.348 e. The predicted molar refractivity (Wildman–Crippen MR) is 99.5 cm³/mol. The molecule has 0 spiro atoms. The minimum absolute atomic E-state index is 0.203. The molecule has 1 amide bonds. The lowest BCUT2D eigenvalue weighted by molar-refractivity contribution is -0.130. The van der Waals surface area contributed by atoms with Crippen LogP contribution in [0, 0.1) is 5.92 Å². The monoisotopic (exact) mass is 359 g/mol. The number of carbonyl (C=O) groups is 1. The average Bonchev–Trinajstić information content (AvgIpc) is 2.88. The van der Waals surface area contributed by atoms with E-state index in [1.54, 1.807) is 4.90 Å². The Hall–Kier alpha value is -1.57. The van der Waals surface area contributed by atoms with Gasteiger partial charge in [-0.1, -0.05) is 6.07 Å². The molecule has 6 nitrogen and oxygen atoms in total. The fourth-order valence-electron chi connectivity index (χ4n) is 4.09. The zero-order chi connectivity index (χ0) is 17.4. The van der Waals surface area contributed by atoms with Gasteiger partial charge in [0.1, 0.15) is 11.0 Å². The summed E-state index contributed by atoms with van der Waals surface area (Å²) in [5, 5.41) is 0. The molecule has 0 saturated carbocycles. The second-order valence-corrected chi connectivity index (χ2v) is 8.12. The SMILES string of the molecule is CN(C)C(=O)CN1C[C@@H]2CC[C@H](C1)N(Cc1ccc3nsnc3c1)C2. The van der Waals surface area contributed by atoms with Gasteiger partial charge in [-0.05, 0) is 36.5 Å². The Morgan fingerprint density at radius 3 is 2.88 bits per heavy atom. The number of amides is 1. The van der Waals surface area contributed by atoms with Gasteiger partial charge in [-0.2, -0.15) is 8.75 Å². The number of fused-ring (bicyclic) bond motifs is 5. The quantitative estimate of drug-likeness (QED) is 0.831. The molecule has 2 bridgehead atoms. The van der Waals surface area contributed by atoms with Crippen LogP contribution in [0.15, 0.2) is 18.2 Å². The summed E-state index contributed by atoms with van der Waals surface area (Å²) in [5.74, 6) is 0.868. The standard InChI is InChI=1S/C18H25N5OS/c1-21(2)18(24)12-22-8-14-3-5-15(11-22)23(10-14)9-13-4-6-16-17(7-13)20-25-19-16/h4,6-7,14-15H,3,5,8-12H2,1-2H3/t14-,15+/m0/s1. The summed E-state index contributed by atoms with van der Waals surface area (Å²) < 4.78 is 8.65. The average molecular weight is 359 g/mol. The first-order valence-corrected chi connectivity index (χ1v) is 9.69. The Bertz CT molecular complexity index is 761. The van der Waals surface area contributed by atoms with E-state index in [0.29, 0.717) is 18.5 Å². The number of likely N-dealkylation sites (N-methyl/N-ethyl adjacent to an activating group) is 1. The van der Waals surface area contributed by atoms with E-state index in [1.165, 1.54) is 30.1 Å². The predicted octanol–water partition coefficient (Wildman–Crippen LogP) is 1.68. The minimum atomic E-state index is 0.203. The maximum Gasteiger partial charge on any atom is 0.236 e. The van der Waals surface area contributed by atoms with Crippen molar-refractivity contribution in [2.75, 3.05) is 40.3 Å². The van der Waals surface area contributed by atoms with Crippen LogP contribution in [0.5, 0.6) is 0 Å². The molecule has 3 aliphatic heterocycles. The number of rotatable bonds is 4. The van der Waals surface area contributed by atoms with Gasteiger partial charge in [-0.25, -0.2) is 0 Å². The molecule has 3 saturated heterocycles. The van der Waals surface area contributed by atoms with E-state index < -0.39 is 0 Å². The number of hydrogen-bond donors (Lipinski definition) is 0. The molecule has 0 aliphatic carbocycles. The lowest BCUT2D eigenvalue weighted by Crippen LogP contribution is -2.44. The van der Waals surface area contributed by atoms with Gasteiger partial charge in [0.15, 0.2) is 0 Å². The van der Waals surface area contributed by atoms with Crippen LogP contribution in [0.25, 0.3) is 11.0 Å². The summed E-state index contributed by atoms with van der Waals surface area (Å²) in [5.41, 5.74) is 3.30. The van der Waals surface area contributed by atoms with Crippen molar-refractivity contribution in [1.29, 1.82) is 0 Å². The fraction of sp³-hybridized carbons (Fsp3) is 0.611. The van der Waals surface area contributed by atoms with Crippen LogP contribution >= 0.6 is 11.7 Å². The first kappa shape index (κ1) is 16.9. The molecule has 1 aromatic carbocycles. The summed E-state index contributed by atoms with van der Waals surface area (Å²) in [6, 6.07) is 6.96. The van der Waals surface area contributed by atoms with Gasteiger partial charge >= 0.3 is 0 Å². The molecule has 25 heavy (non-hydrogen) atoms. The highest BCUT2D eigenvalue weighted by molar-refractivity contribution is 7.00. The maximum atomic E-state index is 12.1. The van der Waals surface area contributed by atoms with E-state index in [1.807, 2.05) is 14.1 Å². The van der Waals surface area contributed by atoms with Crippen molar-refractivity contribution in [3.8, 4) is 0 Å². The van der Waals surface area contributed by atoms with Crippen molar-refractivity contribution in [2.45, 2.75) is 25.4 Å². The second-order valence-electron chi connectivity index (χ2n) is 7.60. The zero-order valence-electron chi connectivity index (χ0n) is 14.9. The maximum absolute atomic E-state index is 12.1. The molecule has 0 unspecified atom stereocenters. The van der Waals surface area contributed by atoms with Crippen molar-refractivity contribution < 1.29 is 4.79 Å². The van der Waals surface area contributed by atoms with Gasteiger partial charge in [-0.3, -0.25) is 14.6 Å². The molecule has 0 N–H and O–H groups in total. The van der Waals surface area contributed by atoms with Crippen molar-refractivity contribution in [2.24, 2.45) is 5.92 Å². The highest BCUT2D eigenvalue weighted by Crippen LogP contribution is 2.29. The van der Waals surface area contributed by atoms with Gasteiger partial charge in [-0.15, -0.1) is 0 Å². The molecule has 2 atom stereocenters. The third-order valence-electron chi connectivity index (χ3n) is 5.46.